The number of rotatable bonds is 4. The highest BCUT2D eigenvalue weighted by molar-refractivity contribution is 5.57. The molecule has 1 aliphatic heterocycles. The molecular weight excluding hydrogens is 174 g/mol. The molecule has 1 fully saturated rings. The summed E-state index contributed by atoms with van der Waals surface area (Å²) in [6.45, 7) is 2.52. The summed E-state index contributed by atoms with van der Waals surface area (Å²) in [7, 11) is 0. The van der Waals surface area contributed by atoms with Crippen LogP contribution in [-0.4, -0.2) is 53.6 Å². The molecule has 1 atom stereocenters. The maximum absolute atomic E-state index is 10.2. The van der Waals surface area contributed by atoms with Gasteiger partial charge in [0.15, 0.2) is 0 Å². The summed E-state index contributed by atoms with van der Waals surface area (Å²) in [5.74, 6) is 0. The van der Waals surface area contributed by atoms with E-state index >= 15 is 0 Å². The fraction of sp³-hybridized carbons (Fsp3) is 0.875. The standard InChI is InChI=1S/C8H15NO4/c10-5-1-3-9-4-2-7(6-9)13-8(11)12/h7,10H,1-6H2,(H,11,12). The maximum Gasteiger partial charge on any atom is 0.506 e. The normalized spacial score (nSPS) is 23.3. The van der Waals surface area contributed by atoms with E-state index in [1.165, 1.54) is 0 Å². The van der Waals surface area contributed by atoms with Gasteiger partial charge < -0.3 is 14.9 Å². The lowest BCUT2D eigenvalue weighted by Gasteiger charge is -2.14. The van der Waals surface area contributed by atoms with E-state index in [4.69, 9.17) is 10.2 Å². The van der Waals surface area contributed by atoms with Crippen LogP contribution in [0.2, 0.25) is 0 Å². The largest absolute Gasteiger partial charge is 0.506 e. The first-order chi connectivity index (χ1) is 6.22. The molecule has 1 heterocycles. The predicted molar refractivity (Wildman–Crippen MR) is 45.7 cm³/mol. The maximum atomic E-state index is 10.2. The van der Waals surface area contributed by atoms with E-state index in [1.807, 2.05) is 0 Å². The van der Waals surface area contributed by atoms with Crippen molar-refractivity contribution >= 4 is 6.16 Å². The number of aliphatic hydroxyl groups excluding tert-OH is 1. The third kappa shape index (κ3) is 3.61. The topological polar surface area (TPSA) is 70.0 Å². The summed E-state index contributed by atoms with van der Waals surface area (Å²) in [5.41, 5.74) is 0. The quantitative estimate of drug-likeness (QED) is 0.615. The Labute approximate surface area is 76.9 Å². The second-order valence-corrected chi connectivity index (χ2v) is 3.17. The first-order valence-electron chi connectivity index (χ1n) is 4.45. The lowest BCUT2D eigenvalue weighted by atomic mass is 10.3. The molecule has 0 saturated carbocycles. The van der Waals surface area contributed by atoms with E-state index in [1.54, 1.807) is 0 Å². The van der Waals surface area contributed by atoms with E-state index in [0.717, 1.165) is 25.9 Å². The van der Waals surface area contributed by atoms with Gasteiger partial charge in [-0.1, -0.05) is 0 Å². The summed E-state index contributed by atoms with van der Waals surface area (Å²) >= 11 is 0. The minimum atomic E-state index is -1.20. The van der Waals surface area contributed by atoms with Gasteiger partial charge in [-0.25, -0.2) is 4.79 Å². The first-order valence-corrected chi connectivity index (χ1v) is 4.45. The van der Waals surface area contributed by atoms with Crippen LogP contribution in [0.25, 0.3) is 0 Å². The Hall–Kier alpha value is -0.810. The van der Waals surface area contributed by atoms with Crippen LogP contribution >= 0.6 is 0 Å². The van der Waals surface area contributed by atoms with Gasteiger partial charge in [0, 0.05) is 26.2 Å². The monoisotopic (exact) mass is 189 g/mol. The van der Waals surface area contributed by atoms with Gasteiger partial charge in [-0.3, -0.25) is 4.90 Å². The zero-order chi connectivity index (χ0) is 9.68. The number of carbonyl (C=O) groups is 1. The molecule has 5 heteroatoms. The molecule has 0 aromatic carbocycles. The van der Waals surface area contributed by atoms with Gasteiger partial charge in [0.1, 0.15) is 6.10 Å². The summed E-state index contributed by atoms with van der Waals surface area (Å²) in [4.78, 5) is 12.3. The molecule has 76 valence electrons. The van der Waals surface area contributed by atoms with Crippen LogP contribution in [0.3, 0.4) is 0 Å². The molecule has 0 spiro atoms. The molecule has 0 aliphatic carbocycles. The Bertz CT molecular complexity index is 174. The zero-order valence-electron chi connectivity index (χ0n) is 7.48. The fourth-order valence-corrected chi connectivity index (χ4v) is 1.53. The first kappa shape index (κ1) is 10.3. The van der Waals surface area contributed by atoms with Crippen LogP contribution in [0.1, 0.15) is 12.8 Å². The van der Waals surface area contributed by atoms with Crippen molar-refractivity contribution in [2.45, 2.75) is 18.9 Å². The van der Waals surface area contributed by atoms with Gasteiger partial charge >= 0.3 is 6.16 Å². The van der Waals surface area contributed by atoms with E-state index in [2.05, 4.69) is 9.64 Å². The summed E-state index contributed by atoms with van der Waals surface area (Å²) in [5, 5.41) is 16.9. The van der Waals surface area contributed by atoms with Crippen LogP contribution < -0.4 is 0 Å². The lowest BCUT2D eigenvalue weighted by Crippen LogP contribution is -2.25. The summed E-state index contributed by atoms with van der Waals surface area (Å²) < 4.78 is 4.63. The Morgan fingerprint density at radius 3 is 3.00 bits per heavy atom. The molecule has 1 unspecified atom stereocenters. The van der Waals surface area contributed by atoms with Crippen LogP contribution in [0.5, 0.6) is 0 Å². The number of hydrogen-bond acceptors (Lipinski definition) is 4. The van der Waals surface area contributed by atoms with Gasteiger partial charge in [0.25, 0.3) is 0 Å². The van der Waals surface area contributed by atoms with Crippen molar-refractivity contribution in [2.24, 2.45) is 0 Å². The third-order valence-corrected chi connectivity index (χ3v) is 2.13. The molecule has 13 heavy (non-hydrogen) atoms. The van der Waals surface area contributed by atoms with E-state index in [-0.39, 0.29) is 12.7 Å². The Balaban J connectivity index is 2.16. The van der Waals surface area contributed by atoms with Gasteiger partial charge in [-0.15, -0.1) is 0 Å². The Morgan fingerprint density at radius 1 is 1.62 bits per heavy atom. The number of likely N-dealkylation sites (tertiary alicyclic amines) is 1. The average Bonchev–Trinajstić information content (AvgIpc) is 2.48. The molecule has 5 nitrogen and oxygen atoms in total. The van der Waals surface area contributed by atoms with E-state index in [0.29, 0.717) is 6.54 Å². The van der Waals surface area contributed by atoms with Crippen molar-refractivity contribution in [3.8, 4) is 0 Å². The minimum absolute atomic E-state index is 0.182. The molecular formula is C8H15NO4. The van der Waals surface area contributed by atoms with Gasteiger partial charge in [0.05, 0.1) is 0 Å². The number of ether oxygens (including phenoxy) is 1. The van der Waals surface area contributed by atoms with Crippen molar-refractivity contribution in [1.82, 2.24) is 4.90 Å². The number of aliphatic hydroxyl groups is 1. The van der Waals surface area contributed by atoms with Crippen LogP contribution in [0, 0.1) is 0 Å². The molecule has 1 saturated heterocycles. The fourth-order valence-electron chi connectivity index (χ4n) is 1.53. The molecule has 1 rings (SSSR count). The van der Waals surface area contributed by atoms with Crippen molar-refractivity contribution in [3.05, 3.63) is 0 Å². The number of nitrogens with zero attached hydrogens (tertiary/aromatic N) is 1. The van der Waals surface area contributed by atoms with E-state index in [9.17, 15) is 4.79 Å². The molecule has 0 amide bonds. The van der Waals surface area contributed by atoms with Crippen molar-refractivity contribution in [2.75, 3.05) is 26.2 Å². The smallest absolute Gasteiger partial charge is 0.450 e. The number of hydrogen-bond donors (Lipinski definition) is 2. The molecule has 0 radical (unpaired) electrons. The molecule has 0 aromatic rings. The third-order valence-electron chi connectivity index (χ3n) is 2.13. The Morgan fingerprint density at radius 2 is 2.38 bits per heavy atom. The molecule has 2 N–H and O–H groups in total. The second kappa shape index (κ2) is 5.04. The minimum Gasteiger partial charge on any atom is -0.450 e. The summed E-state index contributed by atoms with van der Waals surface area (Å²) in [6, 6.07) is 0. The average molecular weight is 189 g/mol. The van der Waals surface area contributed by atoms with E-state index < -0.39 is 6.16 Å². The highest BCUT2D eigenvalue weighted by Crippen LogP contribution is 2.12. The van der Waals surface area contributed by atoms with Gasteiger partial charge in [0.2, 0.25) is 0 Å². The van der Waals surface area contributed by atoms with Crippen LogP contribution in [0.15, 0.2) is 0 Å². The van der Waals surface area contributed by atoms with Crippen molar-refractivity contribution < 1.29 is 19.7 Å². The van der Waals surface area contributed by atoms with Gasteiger partial charge in [-0.2, -0.15) is 0 Å². The lowest BCUT2D eigenvalue weighted by molar-refractivity contribution is 0.0548. The molecule has 0 bridgehead atoms. The van der Waals surface area contributed by atoms with Crippen molar-refractivity contribution in [3.63, 3.8) is 0 Å². The molecule has 1 aliphatic rings. The second-order valence-electron chi connectivity index (χ2n) is 3.17. The predicted octanol–water partition coefficient (Wildman–Crippen LogP) is 0.138. The van der Waals surface area contributed by atoms with Crippen LogP contribution in [0.4, 0.5) is 4.79 Å². The SMILES string of the molecule is O=C(O)OC1CCN(CCCO)C1. The number of carboxylic acid groups (broad SMARTS) is 1. The van der Waals surface area contributed by atoms with Crippen molar-refractivity contribution in [1.29, 1.82) is 0 Å². The zero-order valence-corrected chi connectivity index (χ0v) is 7.48. The van der Waals surface area contributed by atoms with Gasteiger partial charge in [-0.05, 0) is 12.8 Å². The summed E-state index contributed by atoms with van der Waals surface area (Å²) in [6.07, 6.45) is 0.113. The Kier molecular flexibility index (Phi) is 3.98. The van der Waals surface area contributed by atoms with Crippen LogP contribution in [-0.2, 0) is 4.74 Å². The molecule has 0 aromatic heterocycles. The highest BCUT2D eigenvalue weighted by atomic mass is 16.7. The highest BCUT2D eigenvalue weighted by Gasteiger charge is 2.24.